The molecule has 3 nitrogen and oxygen atoms in total. The summed E-state index contributed by atoms with van der Waals surface area (Å²) in [7, 11) is 0. The molecule has 0 saturated heterocycles. The van der Waals surface area contributed by atoms with Gasteiger partial charge < -0.3 is 10.4 Å². The summed E-state index contributed by atoms with van der Waals surface area (Å²) in [5.74, 6) is 4.18. The van der Waals surface area contributed by atoms with E-state index in [0.29, 0.717) is 10.6 Å². The normalized spacial score (nSPS) is 10.7. The van der Waals surface area contributed by atoms with Crippen molar-refractivity contribution < 1.29 is 23.1 Å². The van der Waals surface area contributed by atoms with Crippen molar-refractivity contribution in [3.05, 3.63) is 28.8 Å². The van der Waals surface area contributed by atoms with E-state index in [4.69, 9.17) is 16.7 Å². The summed E-state index contributed by atoms with van der Waals surface area (Å²) in [5, 5.41) is 11.3. The highest BCUT2D eigenvalue weighted by molar-refractivity contribution is 6.31. The Hall–Kier alpha value is -1.71. The first-order valence-electron chi connectivity index (χ1n) is 5.57. The number of anilines is 1. The summed E-state index contributed by atoms with van der Waals surface area (Å²) in [6.45, 7) is -0.371. The van der Waals surface area contributed by atoms with Crippen LogP contribution in [-0.2, 0) is 4.79 Å². The van der Waals surface area contributed by atoms with E-state index < -0.39 is 24.9 Å². The number of amides is 1. The van der Waals surface area contributed by atoms with Gasteiger partial charge in [0.1, 0.15) is 6.61 Å². The number of aliphatic hydroxyl groups is 1. The van der Waals surface area contributed by atoms with Gasteiger partial charge in [-0.05, 0) is 18.2 Å². The highest BCUT2D eigenvalue weighted by Gasteiger charge is 2.27. The molecule has 0 fully saturated rings. The third-order valence-electron chi connectivity index (χ3n) is 2.19. The summed E-state index contributed by atoms with van der Waals surface area (Å²) in [6.07, 6.45) is -6.26. The first-order chi connectivity index (χ1) is 9.31. The van der Waals surface area contributed by atoms with E-state index in [1.54, 1.807) is 0 Å². The van der Waals surface area contributed by atoms with E-state index in [0.717, 1.165) is 0 Å². The molecule has 0 heterocycles. The van der Waals surface area contributed by atoms with E-state index >= 15 is 0 Å². The van der Waals surface area contributed by atoms with E-state index in [1.165, 1.54) is 18.2 Å². The number of halogens is 4. The lowest BCUT2D eigenvalue weighted by Gasteiger charge is -2.09. The molecule has 0 atom stereocenters. The Morgan fingerprint density at radius 2 is 2.10 bits per heavy atom. The topological polar surface area (TPSA) is 49.3 Å². The van der Waals surface area contributed by atoms with Crippen LogP contribution in [0.5, 0.6) is 0 Å². The van der Waals surface area contributed by atoms with Gasteiger partial charge in [0.25, 0.3) is 0 Å². The molecule has 7 heteroatoms. The fraction of sp³-hybridized carbons (Fsp3) is 0.308. The number of alkyl halides is 3. The second-order valence-electron chi connectivity index (χ2n) is 3.81. The molecule has 1 amide bonds. The fourth-order valence-electron chi connectivity index (χ4n) is 1.33. The molecule has 2 N–H and O–H groups in total. The van der Waals surface area contributed by atoms with Gasteiger partial charge in [-0.2, -0.15) is 13.2 Å². The van der Waals surface area contributed by atoms with Crippen molar-refractivity contribution in [2.45, 2.75) is 19.0 Å². The maximum Gasteiger partial charge on any atom is 0.389 e. The van der Waals surface area contributed by atoms with Crippen LogP contribution in [0.3, 0.4) is 0 Å². The highest BCUT2D eigenvalue weighted by Crippen LogP contribution is 2.23. The van der Waals surface area contributed by atoms with Crippen molar-refractivity contribution in [2.24, 2.45) is 0 Å². The number of aliphatic hydroxyl groups excluding tert-OH is 1. The Bertz CT molecular complexity index is 547. The van der Waals surface area contributed by atoms with Gasteiger partial charge in [-0.1, -0.05) is 23.4 Å². The number of carbonyl (C=O) groups is 1. The van der Waals surface area contributed by atoms with E-state index in [9.17, 15) is 18.0 Å². The second kappa shape index (κ2) is 7.17. The third-order valence-corrected chi connectivity index (χ3v) is 2.43. The van der Waals surface area contributed by atoms with Crippen LogP contribution in [0.4, 0.5) is 18.9 Å². The van der Waals surface area contributed by atoms with E-state index in [2.05, 4.69) is 17.2 Å². The monoisotopic (exact) mass is 305 g/mol. The lowest BCUT2D eigenvalue weighted by atomic mass is 10.1. The van der Waals surface area contributed by atoms with Gasteiger partial charge in [-0.15, -0.1) is 0 Å². The van der Waals surface area contributed by atoms with Crippen LogP contribution in [0.15, 0.2) is 18.2 Å². The van der Waals surface area contributed by atoms with Crippen LogP contribution in [0.2, 0.25) is 5.02 Å². The number of benzene rings is 1. The maximum absolute atomic E-state index is 12.0. The Labute approximate surface area is 118 Å². The minimum atomic E-state index is -4.38. The molecule has 0 bridgehead atoms. The minimum absolute atomic E-state index is 0.214. The average molecular weight is 306 g/mol. The molecule has 0 aliphatic rings. The zero-order valence-corrected chi connectivity index (χ0v) is 11.0. The lowest BCUT2D eigenvalue weighted by Crippen LogP contribution is -2.17. The molecule has 108 valence electrons. The quantitative estimate of drug-likeness (QED) is 0.844. The molecular weight excluding hydrogens is 295 g/mol. The third kappa shape index (κ3) is 5.95. The standard InChI is InChI=1S/C13H11ClF3NO2/c14-10-4-3-9(2-1-7-19)11(8-10)18-12(20)5-6-13(15,16)17/h3-4,8,19H,5-7H2,(H,18,20). The van der Waals surface area contributed by atoms with Crippen molar-refractivity contribution in [2.75, 3.05) is 11.9 Å². The fourth-order valence-corrected chi connectivity index (χ4v) is 1.50. The molecule has 0 spiro atoms. The average Bonchev–Trinajstić information content (AvgIpc) is 2.35. The highest BCUT2D eigenvalue weighted by atomic mass is 35.5. The molecular formula is C13H11ClF3NO2. The van der Waals surface area contributed by atoms with Gasteiger partial charge in [0.05, 0.1) is 12.1 Å². The van der Waals surface area contributed by atoms with Crippen molar-refractivity contribution in [3.8, 4) is 11.8 Å². The SMILES string of the molecule is O=C(CCC(F)(F)F)Nc1cc(Cl)ccc1C#CCO. The molecule has 1 aromatic carbocycles. The molecule has 0 unspecified atom stereocenters. The first kappa shape index (κ1) is 16.3. The smallest absolute Gasteiger partial charge is 0.384 e. The van der Waals surface area contributed by atoms with Gasteiger partial charge in [0.2, 0.25) is 5.91 Å². The van der Waals surface area contributed by atoms with Gasteiger partial charge in [-0.3, -0.25) is 4.79 Å². The van der Waals surface area contributed by atoms with Crippen molar-refractivity contribution in [1.82, 2.24) is 0 Å². The summed E-state index contributed by atoms with van der Waals surface area (Å²) >= 11 is 5.76. The van der Waals surface area contributed by atoms with Crippen molar-refractivity contribution in [1.29, 1.82) is 0 Å². The second-order valence-corrected chi connectivity index (χ2v) is 4.25. The van der Waals surface area contributed by atoms with Crippen LogP contribution in [0.25, 0.3) is 0 Å². The van der Waals surface area contributed by atoms with Gasteiger partial charge in [0, 0.05) is 17.0 Å². The number of hydrogen-bond acceptors (Lipinski definition) is 2. The number of hydrogen-bond donors (Lipinski definition) is 2. The van der Waals surface area contributed by atoms with Crippen molar-refractivity contribution in [3.63, 3.8) is 0 Å². The van der Waals surface area contributed by atoms with Crippen LogP contribution in [-0.4, -0.2) is 23.8 Å². The molecule has 0 saturated carbocycles. The molecule has 20 heavy (non-hydrogen) atoms. The van der Waals surface area contributed by atoms with Gasteiger partial charge in [0.15, 0.2) is 0 Å². The number of rotatable bonds is 3. The molecule has 0 aliphatic heterocycles. The van der Waals surface area contributed by atoms with Crippen LogP contribution in [0.1, 0.15) is 18.4 Å². The largest absolute Gasteiger partial charge is 0.389 e. The molecule has 0 aromatic heterocycles. The van der Waals surface area contributed by atoms with Crippen LogP contribution < -0.4 is 5.32 Å². The number of carbonyl (C=O) groups excluding carboxylic acids is 1. The maximum atomic E-state index is 12.0. The molecule has 1 rings (SSSR count). The van der Waals surface area contributed by atoms with E-state index in [1.807, 2.05) is 0 Å². The summed E-state index contributed by atoms with van der Waals surface area (Å²) in [5.41, 5.74) is 0.578. The molecule has 1 aromatic rings. The Kier molecular flexibility index (Phi) is 5.86. The Morgan fingerprint density at radius 1 is 1.40 bits per heavy atom. The molecule has 0 aliphatic carbocycles. The zero-order valence-electron chi connectivity index (χ0n) is 10.2. The predicted molar refractivity (Wildman–Crippen MR) is 69.3 cm³/mol. The van der Waals surface area contributed by atoms with Crippen LogP contribution in [0, 0.1) is 11.8 Å². The minimum Gasteiger partial charge on any atom is -0.384 e. The lowest BCUT2D eigenvalue weighted by molar-refractivity contribution is -0.142. The summed E-state index contributed by atoms with van der Waals surface area (Å²) < 4.78 is 36.0. The van der Waals surface area contributed by atoms with Gasteiger partial charge in [-0.25, -0.2) is 0 Å². The van der Waals surface area contributed by atoms with Crippen molar-refractivity contribution >= 4 is 23.2 Å². The summed E-state index contributed by atoms with van der Waals surface area (Å²) in [6, 6.07) is 4.41. The first-order valence-corrected chi connectivity index (χ1v) is 5.95. The number of nitrogens with one attached hydrogen (secondary N) is 1. The van der Waals surface area contributed by atoms with E-state index in [-0.39, 0.29) is 12.3 Å². The van der Waals surface area contributed by atoms with Crippen LogP contribution >= 0.6 is 11.6 Å². The predicted octanol–water partition coefficient (Wildman–Crippen LogP) is 2.96. The molecule has 0 radical (unpaired) electrons. The zero-order chi connectivity index (χ0) is 15.2. The Morgan fingerprint density at radius 3 is 2.70 bits per heavy atom. The summed E-state index contributed by atoms with van der Waals surface area (Å²) in [4.78, 5) is 11.4. The van der Waals surface area contributed by atoms with Gasteiger partial charge >= 0.3 is 6.18 Å². The Balaban J connectivity index is 2.80.